The molecule has 27 heavy (non-hydrogen) atoms. The van der Waals surface area contributed by atoms with Crippen molar-refractivity contribution in [3.8, 4) is 5.75 Å². The lowest BCUT2D eigenvalue weighted by Gasteiger charge is -2.17. The number of carbonyl (C=O) groups is 1. The van der Waals surface area contributed by atoms with Gasteiger partial charge in [0.15, 0.2) is 5.78 Å². The average Bonchev–Trinajstić information content (AvgIpc) is 2.67. The third-order valence-corrected chi connectivity index (χ3v) is 4.47. The van der Waals surface area contributed by atoms with Crippen molar-refractivity contribution in [2.75, 3.05) is 7.11 Å². The number of halogens is 1. The molecule has 0 amide bonds. The number of nitro benzene ring substituents is 1. The number of hydrogen-bond acceptors (Lipinski definition) is 4. The van der Waals surface area contributed by atoms with Crippen LogP contribution in [0.15, 0.2) is 53.6 Å². The first-order valence-corrected chi connectivity index (χ1v) is 8.52. The van der Waals surface area contributed by atoms with E-state index in [4.69, 9.17) is 4.74 Å². The zero-order valence-corrected chi connectivity index (χ0v) is 14.8. The van der Waals surface area contributed by atoms with Crippen LogP contribution in [0.4, 0.5) is 10.1 Å². The number of nitrogens with zero attached hydrogens (tertiary/aromatic N) is 1. The molecule has 2 aromatic rings. The zero-order chi connectivity index (χ0) is 19.4. The first-order chi connectivity index (χ1) is 13.0. The molecule has 0 N–H and O–H groups in total. The Hall–Kier alpha value is -3.28. The summed E-state index contributed by atoms with van der Waals surface area (Å²) in [6.07, 6.45) is 4.88. The van der Waals surface area contributed by atoms with Crippen molar-refractivity contribution >= 4 is 23.6 Å². The number of rotatable bonds is 4. The zero-order valence-electron chi connectivity index (χ0n) is 14.8. The number of allylic oxidation sites excluding steroid dienone is 2. The normalized spacial score (nSPS) is 17.3. The molecule has 138 valence electrons. The highest BCUT2D eigenvalue weighted by Crippen LogP contribution is 2.31. The van der Waals surface area contributed by atoms with Crippen LogP contribution in [0.2, 0.25) is 0 Å². The molecule has 0 aromatic heterocycles. The largest absolute Gasteiger partial charge is 0.497 e. The number of nitro groups is 1. The summed E-state index contributed by atoms with van der Waals surface area (Å²) in [6, 6.07) is 10.6. The minimum absolute atomic E-state index is 0.0484. The van der Waals surface area contributed by atoms with E-state index >= 15 is 0 Å². The standard InChI is InChI=1S/C21H18FNO4/c1-27-18-9-10-19(22)17(13-18)12-16-7-4-6-15(21(16)24)11-14-5-2-3-8-20(14)23(25)26/h2-3,5,8-13H,4,6-7H2,1H3/b15-11+,16-12+. The fourth-order valence-corrected chi connectivity index (χ4v) is 3.09. The molecule has 0 aliphatic heterocycles. The van der Waals surface area contributed by atoms with Crippen LogP contribution in [0, 0.1) is 15.9 Å². The van der Waals surface area contributed by atoms with Gasteiger partial charge in [0.05, 0.1) is 17.6 Å². The number of Topliss-reactive ketones (excluding diaryl/α,β-unsaturated/α-hetero) is 1. The fraction of sp³-hybridized carbons (Fsp3) is 0.190. The number of para-hydroxylation sites is 1. The number of methoxy groups -OCH3 is 1. The molecule has 5 nitrogen and oxygen atoms in total. The van der Waals surface area contributed by atoms with Crippen molar-refractivity contribution in [3.63, 3.8) is 0 Å². The molecule has 1 fully saturated rings. The predicted molar refractivity (Wildman–Crippen MR) is 101 cm³/mol. The third kappa shape index (κ3) is 4.11. The summed E-state index contributed by atoms with van der Waals surface area (Å²) in [7, 11) is 1.49. The smallest absolute Gasteiger partial charge is 0.276 e. The molecule has 0 atom stereocenters. The molecule has 0 unspecified atom stereocenters. The highest BCUT2D eigenvalue weighted by Gasteiger charge is 2.22. The van der Waals surface area contributed by atoms with Gasteiger partial charge in [-0.15, -0.1) is 0 Å². The van der Waals surface area contributed by atoms with Gasteiger partial charge in [0.2, 0.25) is 0 Å². The van der Waals surface area contributed by atoms with E-state index in [2.05, 4.69) is 0 Å². The highest BCUT2D eigenvalue weighted by atomic mass is 19.1. The molecular weight excluding hydrogens is 349 g/mol. The monoisotopic (exact) mass is 367 g/mol. The maximum Gasteiger partial charge on any atom is 0.276 e. The quantitative estimate of drug-likeness (QED) is 0.435. The summed E-state index contributed by atoms with van der Waals surface area (Å²) in [5, 5.41) is 11.2. The van der Waals surface area contributed by atoms with Crippen LogP contribution >= 0.6 is 0 Å². The Balaban J connectivity index is 1.96. The molecule has 0 bridgehead atoms. The molecule has 0 saturated heterocycles. The predicted octanol–water partition coefficient (Wildman–Crippen LogP) is 4.96. The number of ether oxygens (including phenoxy) is 1. The van der Waals surface area contributed by atoms with Gasteiger partial charge in [-0.25, -0.2) is 4.39 Å². The Morgan fingerprint density at radius 3 is 2.41 bits per heavy atom. The van der Waals surface area contributed by atoms with Crippen LogP contribution in [0.1, 0.15) is 30.4 Å². The topological polar surface area (TPSA) is 69.4 Å². The molecule has 0 radical (unpaired) electrons. The lowest BCUT2D eigenvalue weighted by atomic mass is 9.86. The molecule has 6 heteroatoms. The van der Waals surface area contributed by atoms with Crippen molar-refractivity contribution in [3.05, 3.63) is 80.7 Å². The van der Waals surface area contributed by atoms with E-state index in [0.29, 0.717) is 35.3 Å². The van der Waals surface area contributed by atoms with Crippen molar-refractivity contribution < 1.29 is 18.8 Å². The number of hydrogen-bond donors (Lipinski definition) is 0. The van der Waals surface area contributed by atoms with E-state index in [1.54, 1.807) is 24.3 Å². The molecule has 1 aliphatic rings. The van der Waals surface area contributed by atoms with Crippen LogP contribution in [0.5, 0.6) is 5.75 Å². The average molecular weight is 367 g/mol. The number of benzene rings is 2. The molecule has 1 saturated carbocycles. The van der Waals surface area contributed by atoms with Gasteiger partial charge < -0.3 is 4.74 Å². The molecule has 0 heterocycles. The second-order valence-corrected chi connectivity index (χ2v) is 6.23. The summed E-state index contributed by atoms with van der Waals surface area (Å²) >= 11 is 0. The molecule has 0 spiro atoms. The minimum Gasteiger partial charge on any atom is -0.497 e. The summed E-state index contributed by atoms with van der Waals surface area (Å²) in [5.74, 6) is -0.144. The molecule has 2 aromatic carbocycles. The van der Waals surface area contributed by atoms with Gasteiger partial charge in [-0.05, 0) is 55.7 Å². The van der Waals surface area contributed by atoms with E-state index in [1.165, 1.54) is 37.5 Å². The Kier molecular flexibility index (Phi) is 5.45. The van der Waals surface area contributed by atoms with Gasteiger partial charge in [-0.3, -0.25) is 14.9 Å². The van der Waals surface area contributed by atoms with Gasteiger partial charge in [0.1, 0.15) is 11.6 Å². The fourth-order valence-electron chi connectivity index (χ4n) is 3.09. The number of ketones is 1. The minimum atomic E-state index is -0.470. The van der Waals surface area contributed by atoms with Crippen molar-refractivity contribution in [2.24, 2.45) is 0 Å². The van der Waals surface area contributed by atoms with Gasteiger partial charge in [0.25, 0.3) is 5.69 Å². The SMILES string of the molecule is COc1ccc(F)c(/C=C2\CCC/C(=C\c3ccccc3[N+](=O)[O-])C2=O)c1. The summed E-state index contributed by atoms with van der Waals surface area (Å²) in [4.78, 5) is 23.5. The Bertz CT molecular complexity index is 962. The van der Waals surface area contributed by atoms with E-state index in [-0.39, 0.29) is 17.0 Å². The third-order valence-electron chi connectivity index (χ3n) is 4.47. The van der Waals surface area contributed by atoms with Gasteiger partial charge >= 0.3 is 0 Å². The van der Waals surface area contributed by atoms with Crippen LogP contribution in [0.3, 0.4) is 0 Å². The second kappa shape index (κ2) is 7.95. The Labute approximate surface area is 155 Å². The second-order valence-electron chi connectivity index (χ2n) is 6.23. The maximum absolute atomic E-state index is 14.1. The van der Waals surface area contributed by atoms with Crippen molar-refractivity contribution in [1.82, 2.24) is 0 Å². The molecular formula is C21H18FNO4. The van der Waals surface area contributed by atoms with Crippen LogP contribution < -0.4 is 4.74 Å². The highest BCUT2D eigenvalue weighted by molar-refractivity contribution is 6.14. The van der Waals surface area contributed by atoms with Crippen molar-refractivity contribution in [1.29, 1.82) is 0 Å². The Morgan fingerprint density at radius 2 is 1.74 bits per heavy atom. The van der Waals surface area contributed by atoms with E-state index in [1.807, 2.05) is 0 Å². The van der Waals surface area contributed by atoms with Gasteiger partial charge in [0, 0.05) is 22.8 Å². The summed E-state index contributed by atoms with van der Waals surface area (Å²) in [6.45, 7) is 0. The van der Waals surface area contributed by atoms with E-state index in [9.17, 15) is 19.3 Å². The summed E-state index contributed by atoms with van der Waals surface area (Å²) in [5.41, 5.74) is 1.60. The van der Waals surface area contributed by atoms with Gasteiger partial charge in [-0.1, -0.05) is 12.1 Å². The van der Waals surface area contributed by atoms with Gasteiger partial charge in [-0.2, -0.15) is 0 Å². The first kappa shape index (κ1) is 18.5. The van der Waals surface area contributed by atoms with Crippen LogP contribution in [0.25, 0.3) is 12.2 Å². The molecule has 3 rings (SSSR count). The van der Waals surface area contributed by atoms with E-state index < -0.39 is 10.7 Å². The lowest BCUT2D eigenvalue weighted by Crippen LogP contribution is -2.12. The van der Waals surface area contributed by atoms with Crippen molar-refractivity contribution in [2.45, 2.75) is 19.3 Å². The van der Waals surface area contributed by atoms with Crippen LogP contribution in [-0.4, -0.2) is 17.8 Å². The van der Waals surface area contributed by atoms with E-state index in [0.717, 1.165) is 6.42 Å². The number of carbonyl (C=O) groups excluding carboxylic acids is 1. The van der Waals surface area contributed by atoms with Crippen LogP contribution in [-0.2, 0) is 4.79 Å². The summed E-state index contributed by atoms with van der Waals surface area (Å²) < 4.78 is 19.2. The maximum atomic E-state index is 14.1. The first-order valence-electron chi connectivity index (χ1n) is 8.52. The molecule has 1 aliphatic carbocycles. The Morgan fingerprint density at radius 1 is 1.07 bits per heavy atom. The lowest BCUT2D eigenvalue weighted by molar-refractivity contribution is -0.385.